The molecule has 1 saturated heterocycles. The summed E-state index contributed by atoms with van der Waals surface area (Å²) in [7, 11) is 0. The van der Waals surface area contributed by atoms with Gasteiger partial charge in [0.25, 0.3) is 0 Å². The summed E-state index contributed by atoms with van der Waals surface area (Å²) >= 11 is 3.00. The van der Waals surface area contributed by atoms with Crippen LogP contribution in [0.15, 0.2) is 22.5 Å². The van der Waals surface area contributed by atoms with Crippen LogP contribution in [0, 0.1) is 5.92 Å². The van der Waals surface area contributed by atoms with Crippen molar-refractivity contribution >= 4 is 50.8 Å². The number of ether oxygens (including phenoxy) is 1. The van der Waals surface area contributed by atoms with Gasteiger partial charge < -0.3 is 15.4 Å². The molecule has 0 spiro atoms. The van der Waals surface area contributed by atoms with Crippen molar-refractivity contribution in [3.63, 3.8) is 0 Å². The third-order valence-electron chi connectivity index (χ3n) is 5.49. The van der Waals surface area contributed by atoms with E-state index in [-0.39, 0.29) is 23.8 Å². The minimum Gasteiger partial charge on any atom is -0.376 e. The van der Waals surface area contributed by atoms with E-state index in [2.05, 4.69) is 15.6 Å². The van der Waals surface area contributed by atoms with Gasteiger partial charge in [-0.25, -0.2) is 4.98 Å². The first-order chi connectivity index (χ1) is 14.2. The van der Waals surface area contributed by atoms with Gasteiger partial charge in [-0.1, -0.05) is 31.0 Å². The van der Waals surface area contributed by atoms with Gasteiger partial charge >= 0.3 is 0 Å². The fraction of sp³-hybridized carbons (Fsp3) is 0.571. The van der Waals surface area contributed by atoms with E-state index in [1.54, 1.807) is 11.3 Å². The quantitative estimate of drug-likeness (QED) is 0.640. The molecule has 2 aromatic rings. The Morgan fingerprint density at radius 1 is 1.17 bits per heavy atom. The molecule has 2 N–H and O–H groups in total. The normalized spacial score (nSPS) is 20.1. The summed E-state index contributed by atoms with van der Waals surface area (Å²) in [6.07, 6.45) is 7.77. The molecule has 1 aromatic heterocycles. The molecule has 0 unspecified atom stereocenters. The Kier molecular flexibility index (Phi) is 7.05. The molecule has 8 heteroatoms. The number of fused-ring (bicyclic) bond motifs is 1. The number of hydrogen-bond donors (Lipinski definition) is 2. The first-order valence-corrected chi connectivity index (χ1v) is 12.2. The highest BCUT2D eigenvalue weighted by Crippen LogP contribution is 2.32. The second kappa shape index (κ2) is 9.91. The molecule has 156 valence electrons. The average molecular weight is 434 g/mol. The minimum atomic E-state index is 0.00481. The fourth-order valence-corrected chi connectivity index (χ4v) is 5.80. The number of thiazole rings is 1. The zero-order chi connectivity index (χ0) is 20.1. The van der Waals surface area contributed by atoms with Crippen molar-refractivity contribution < 1.29 is 14.3 Å². The highest BCUT2D eigenvalue weighted by Gasteiger charge is 2.21. The van der Waals surface area contributed by atoms with Gasteiger partial charge in [-0.05, 0) is 43.9 Å². The summed E-state index contributed by atoms with van der Waals surface area (Å²) in [4.78, 5) is 29.1. The standard InChI is InChI=1S/C21H27N3O3S2/c25-19(22-12-16-7-4-10-27-16)13-28-21-24-17-9-8-15(11-18(17)29-21)23-20(26)14-5-2-1-3-6-14/h8-9,11,14,16H,1-7,10,12-13H2,(H,22,25)(H,23,26)/t16-/m1/s1. The second-order valence-electron chi connectivity index (χ2n) is 7.71. The topological polar surface area (TPSA) is 80.3 Å². The Morgan fingerprint density at radius 2 is 2.03 bits per heavy atom. The maximum Gasteiger partial charge on any atom is 0.230 e. The number of amides is 2. The van der Waals surface area contributed by atoms with Crippen molar-refractivity contribution in [2.24, 2.45) is 5.92 Å². The molecule has 1 aromatic carbocycles. The number of hydrogen-bond acceptors (Lipinski definition) is 6. The van der Waals surface area contributed by atoms with Crippen molar-refractivity contribution in [1.29, 1.82) is 0 Å². The van der Waals surface area contributed by atoms with E-state index in [1.807, 2.05) is 18.2 Å². The van der Waals surface area contributed by atoms with Crippen molar-refractivity contribution in [2.75, 3.05) is 24.2 Å². The molecule has 2 amide bonds. The van der Waals surface area contributed by atoms with Crippen LogP contribution >= 0.6 is 23.1 Å². The summed E-state index contributed by atoms with van der Waals surface area (Å²) in [5, 5.41) is 6.00. The van der Waals surface area contributed by atoms with Gasteiger partial charge in [0.2, 0.25) is 11.8 Å². The van der Waals surface area contributed by atoms with E-state index in [1.165, 1.54) is 18.2 Å². The largest absolute Gasteiger partial charge is 0.376 e. The number of rotatable bonds is 7. The van der Waals surface area contributed by atoms with Crippen LogP contribution in [-0.4, -0.2) is 41.8 Å². The average Bonchev–Trinajstić information content (AvgIpc) is 3.40. The van der Waals surface area contributed by atoms with Crippen LogP contribution in [0.25, 0.3) is 10.2 Å². The zero-order valence-corrected chi connectivity index (χ0v) is 18.1. The van der Waals surface area contributed by atoms with Crippen LogP contribution in [0.3, 0.4) is 0 Å². The fourth-order valence-electron chi connectivity index (χ4n) is 3.86. The Labute approximate surface area is 179 Å². The molecular weight excluding hydrogens is 406 g/mol. The van der Waals surface area contributed by atoms with E-state index in [4.69, 9.17) is 4.74 Å². The molecule has 1 aliphatic carbocycles. The van der Waals surface area contributed by atoms with Gasteiger partial charge in [-0.15, -0.1) is 11.3 Å². The Morgan fingerprint density at radius 3 is 2.83 bits per heavy atom. The number of nitrogens with zero attached hydrogens (tertiary/aromatic N) is 1. The molecule has 6 nitrogen and oxygen atoms in total. The van der Waals surface area contributed by atoms with E-state index >= 15 is 0 Å². The highest BCUT2D eigenvalue weighted by atomic mass is 32.2. The molecule has 1 saturated carbocycles. The van der Waals surface area contributed by atoms with Gasteiger partial charge in [0, 0.05) is 24.8 Å². The summed E-state index contributed by atoms with van der Waals surface area (Å²) in [6, 6.07) is 5.82. The molecule has 1 atom stereocenters. The van der Waals surface area contributed by atoms with Crippen LogP contribution < -0.4 is 10.6 Å². The molecule has 2 aliphatic rings. The zero-order valence-electron chi connectivity index (χ0n) is 16.4. The maximum atomic E-state index is 12.5. The predicted molar refractivity (Wildman–Crippen MR) is 118 cm³/mol. The van der Waals surface area contributed by atoms with Gasteiger partial charge in [-0.3, -0.25) is 9.59 Å². The van der Waals surface area contributed by atoms with Gasteiger partial charge in [-0.2, -0.15) is 0 Å². The first-order valence-electron chi connectivity index (χ1n) is 10.4. The Balaban J connectivity index is 1.29. The highest BCUT2D eigenvalue weighted by molar-refractivity contribution is 8.01. The summed E-state index contributed by atoms with van der Waals surface area (Å²) in [5.74, 6) is 0.620. The number of carbonyl (C=O) groups is 2. The van der Waals surface area contributed by atoms with Crippen LogP contribution in [0.1, 0.15) is 44.9 Å². The van der Waals surface area contributed by atoms with Crippen molar-refractivity contribution in [2.45, 2.75) is 55.4 Å². The molecular formula is C21H27N3O3S2. The predicted octanol–water partition coefficient (Wildman–Crippen LogP) is 4.20. The summed E-state index contributed by atoms with van der Waals surface area (Å²) in [6.45, 7) is 1.38. The molecule has 2 fully saturated rings. The van der Waals surface area contributed by atoms with E-state index < -0.39 is 0 Å². The lowest BCUT2D eigenvalue weighted by molar-refractivity contribution is -0.121. The molecule has 0 radical (unpaired) electrons. The van der Waals surface area contributed by atoms with Gasteiger partial charge in [0.1, 0.15) is 0 Å². The number of anilines is 1. The van der Waals surface area contributed by atoms with Crippen molar-refractivity contribution in [1.82, 2.24) is 10.3 Å². The number of benzene rings is 1. The van der Waals surface area contributed by atoms with Crippen LogP contribution in [0.4, 0.5) is 5.69 Å². The Bertz CT molecular complexity index is 858. The van der Waals surface area contributed by atoms with Gasteiger partial charge in [0.15, 0.2) is 4.34 Å². The lowest BCUT2D eigenvalue weighted by Crippen LogP contribution is -2.32. The third kappa shape index (κ3) is 5.71. The second-order valence-corrected chi connectivity index (χ2v) is 9.97. The molecule has 29 heavy (non-hydrogen) atoms. The SMILES string of the molecule is O=C(CSc1nc2ccc(NC(=O)C3CCCCC3)cc2s1)NC[C@H]1CCCO1. The Hall–Kier alpha value is -1.64. The molecule has 1 aliphatic heterocycles. The minimum absolute atomic E-state index is 0.00481. The smallest absolute Gasteiger partial charge is 0.230 e. The number of aromatic nitrogens is 1. The first kappa shape index (κ1) is 20.6. The van der Waals surface area contributed by atoms with Crippen LogP contribution in [-0.2, 0) is 14.3 Å². The number of carbonyl (C=O) groups excluding carboxylic acids is 2. The van der Waals surface area contributed by atoms with E-state index in [0.29, 0.717) is 12.3 Å². The number of nitrogens with one attached hydrogen (secondary N) is 2. The lowest BCUT2D eigenvalue weighted by Gasteiger charge is -2.20. The van der Waals surface area contributed by atoms with Crippen molar-refractivity contribution in [3.05, 3.63) is 18.2 Å². The monoisotopic (exact) mass is 433 g/mol. The molecule has 4 rings (SSSR count). The van der Waals surface area contributed by atoms with Crippen LogP contribution in [0.2, 0.25) is 0 Å². The van der Waals surface area contributed by atoms with E-state index in [0.717, 1.165) is 65.4 Å². The van der Waals surface area contributed by atoms with E-state index in [9.17, 15) is 9.59 Å². The van der Waals surface area contributed by atoms with Gasteiger partial charge in [0.05, 0.1) is 22.1 Å². The third-order valence-corrected chi connectivity index (χ3v) is 7.65. The van der Waals surface area contributed by atoms with Crippen LogP contribution in [0.5, 0.6) is 0 Å². The maximum absolute atomic E-state index is 12.5. The molecule has 2 heterocycles. The van der Waals surface area contributed by atoms with Crippen molar-refractivity contribution in [3.8, 4) is 0 Å². The lowest BCUT2D eigenvalue weighted by atomic mass is 9.88. The summed E-state index contributed by atoms with van der Waals surface area (Å²) in [5.41, 5.74) is 1.72. The summed E-state index contributed by atoms with van der Waals surface area (Å²) < 4.78 is 7.41. The number of thioether (sulfide) groups is 1. The molecule has 0 bridgehead atoms.